The summed E-state index contributed by atoms with van der Waals surface area (Å²) in [6.45, 7) is 0. The third kappa shape index (κ3) is 1.52. The maximum absolute atomic E-state index is 6.14. The van der Waals surface area contributed by atoms with Gasteiger partial charge in [-0.1, -0.05) is 18.2 Å². The molecule has 0 aliphatic heterocycles. The molecule has 80 valence electrons. The zero-order valence-corrected chi connectivity index (χ0v) is 9.37. The molecule has 0 saturated carbocycles. The summed E-state index contributed by atoms with van der Waals surface area (Å²) in [6, 6.07) is 10.1. The average Bonchev–Trinajstić information content (AvgIpc) is 2.97. The highest BCUT2D eigenvalue weighted by molar-refractivity contribution is 7.09. The molecule has 3 nitrogen and oxygen atoms in total. The number of benzene rings is 1. The van der Waals surface area contributed by atoms with Crippen molar-refractivity contribution in [1.82, 2.24) is 9.97 Å². The second kappa shape index (κ2) is 3.73. The summed E-state index contributed by atoms with van der Waals surface area (Å²) in [7, 11) is 0. The van der Waals surface area contributed by atoms with Gasteiger partial charge in [-0.25, -0.2) is 4.98 Å². The Morgan fingerprint density at radius 2 is 2.19 bits per heavy atom. The van der Waals surface area contributed by atoms with E-state index in [0.29, 0.717) is 0 Å². The molecule has 4 heteroatoms. The van der Waals surface area contributed by atoms with Crippen LogP contribution in [-0.4, -0.2) is 9.97 Å². The number of hydrogen-bond acceptors (Lipinski definition) is 3. The van der Waals surface area contributed by atoms with Crippen LogP contribution in [0, 0.1) is 0 Å². The molecule has 1 atom stereocenters. The number of para-hydroxylation sites is 1. The van der Waals surface area contributed by atoms with Crippen molar-refractivity contribution in [3.8, 4) is 0 Å². The van der Waals surface area contributed by atoms with E-state index < -0.39 is 0 Å². The van der Waals surface area contributed by atoms with Gasteiger partial charge in [0.25, 0.3) is 0 Å². The average molecular weight is 229 g/mol. The Morgan fingerprint density at radius 3 is 2.94 bits per heavy atom. The molecule has 2 heterocycles. The van der Waals surface area contributed by atoms with E-state index in [-0.39, 0.29) is 6.04 Å². The normalized spacial score (nSPS) is 13.1. The van der Waals surface area contributed by atoms with Crippen molar-refractivity contribution in [2.24, 2.45) is 5.73 Å². The topological polar surface area (TPSA) is 54.7 Å². The molecule has 0 fully saturated rings. The number of aromatic nitrogens is 2. The predicted octanol–water partition coefficient (Wildman–Crippen LogP) is 2.67. The first kappa shape index (κ1) is 9.57. The fourth-order valence-electron chi connectivity index (χ4n) is 1.78. The van der Waals surface area contributed by atoms with Crippen molar-refractivity contribution < 1.29 is 0 Å². The van der Waals surface area contributed by atoms with Gasteiger partial charge in [0.05, 0.1) is 6.04 Å². The third-order valence-corrected chi connectivity index (χ3v) is 3.46. The fraction of sp³-hybridized carbons (Fsp3) is 0.0833. The number of nitrogens with two attached hydrogens (primary N) is 1. The van der Waals surface area contributed by atoms with Gasteiger partial charge >= 0.3 is 0 Å². The molecule has 2 aromatic heterocycles. The van der Waals surface area contributed by atoms with Gasteiger partial charge in [0, 0.05) is 22.8 Å². The number of nitrogens with zero attached hydrogens (tertiary/aromatic N) is 1. The van der Waals surface area contributed by atoms with Crippen LogP contribution in [-0.2, 0) is 0 Å². The molecule has 1 aromatic carbocycles. The monoisotopic (exact) mass is 229 g/mol. The summed E-state index contributed by atoms with van der Waals surface area (Å²) in [5.41, 5.74) is 8.27. The minimum absolute atomic E-state index is 0.160. The highest BCUT2D eigenvalue weighted by atomic mass is 32.1. The molecular formula is C12H11N3S. The SMILES string of the molecule is NC(c1cc2ccccc2[nH]1)c1nccs1. The first-order valence-corrected chi connectivity index (χ1v) is 5.95. The summed E-state index contributed by atoms with van der Waals surface area (Å²) in [4.78, 5) is 7.56. The highest BCUT2D eigenvalue weighted by Gasteiger charge is 2.13. The molecule has 0 spiro atoms. The van der Waals surface area contributed by atoms with Gasteiger partial charge in [-0.05, 0) is 17.5 Å². The zero-order chi connectivity index (χ0) is 11.0. The lowest BCUT2D eigenvalue weighted by atomic mass is 10.2. The number of nitrogens with one attached hydrogen (secondary N) is 1. The van der Waals surface area contributed by atoms with Crippen molar-refractivity contribution in [3.63, 3.8) is 0 Å². The van der Waals surface area contributed by atoms with E-state index in [1.807, 2.05) is 23.6 Å². The number of fused-ring (bicyclic) bond motifs is 1. The minimum Gasteiger partial charge on any atom is -0.357 e. The third-order valence-electron chi connectivity index (χ3n) is 2.60. The second-order valence-corrected chi connectivity index (χ2v) is 4.59. The number of aromatic amines is 1. The van der Waals surface area contributed by atoms with E-state index in [1.165, 1.54) is 5.39 Å². The van der Waals surface area contributed by atoms with E-state index in [2.05, 4.69) is 22.1 Å². The van der Waals surface area contributed by atoms with E-state index in [9.17, 15) is 0 Å². The maximum Gasteiger partial charge on any atom is 0.115 e. The standard InChI is InChI=1S/C12H11N3S/c13-11(12-14-5-6-16-12)10-7-8-3-1-2-4-9(8)15-10/h1-7,11,15H,13H2. The van der Waals surface area contributed by atoms with Gasteiger partial charge in [-0.3, -0.25) is 0 Å². The molecule has 0 saturated heterocycles. The van der Waals surface area contributed by atoms with Crippen LogP contribution < -0.4 is 5.73 Å². The summed E-state index contributed by atoms with van der Waals surface area (Å²) in [5, 5.41) is 4.06. The number of hydrogen-bond donors (Lipinski definition) is 2. The smallest absolute Gasteiger partial charge is 0.115 e. The van der Waals surface area contributed by atoms with Crippen molar-refractivity contribution in [2.45, 2.75) is 6.04 Å². The molecular weight excluding hydrogens is 218 g/mol. The zero-order valence-electron chi connectivity index (χ0n) is 8.55. The van der Waals surface area contributed by atoms with Crippen LogP contribution in [0.15, 0.2) is 41.9 Å². The van der Waals surface area contributed by atoms with E-state index >= 15 is 0 Å². The highest BCUT2D eigenvalue weighted by Crippen LogP contribution is 2.24. The predicted molar refractivity (Wildman–Crippen MR) is 66.4 cm³/mol. The molecule has 0 aliphatic rings. The summed E-state index contributed by atoms with van der Waals surface area (Å²) in [6.07, 6.45) is 1.78. The quantitative estimate of drug-likeness (QED) is 0.709. The summed E-state index contributed by atoms with van der Waals surface area (Å²) in [5.74, 6) is 0. The Balaban J connectivity index is 2.06. The molecule has 0 bridgehead atoms. The van der Waals surface area contributed by atoms with Crippen LogP contribution in [0.2, 0.25) is 0 Å². The first-order chi connectivity index (χ1) is 7.84. The maximum atomic E-state index is 6.14. The van der Waals surface area contributed by atoms with Crippen LogP contribution in [0.4, 0.5) is 0 Å². The van der Waals surface area contributed by atoms with Crippen molar-refractivity contribution >= 4 is 22.2 Å². The summed E-state index contributed by atoms with van der Waals surface area (Å²) >= 11 is 1.58. The number of H-pyrrole nitrogens is 1. The largest absolute Gasteiger partial charge is 0.357 e. The molecule has 0 aliphatic carbocycles. The number of thiazole rings is 1. The van der Waals surface area contributed by atoms with Crippen LogP contribution in [0.5, 0.6) is 0 Å². The van der Waals surface area contributed by atoms with Gasteiger partial charge < -0.3 is 10.7 Å². The van der Waals surface area contributed by atoms with Crippen LogP contribution in [0.25, 0.3) is 10.9 Å². The van der Waals surface area contributed by atoms with Crippen LogP contribution >= 0.6 is 11.3 Å². The fourth-order valence-corrected chi connectivity index (χ4v) is 2.44. The Hall–Kier alpha value is -1.65. The van der Waals surface area contributed by atoms with Crippen LogP contribution in [0.3, 0.4) is 0 Å². The molecule has 0 amide bonds. The van der Waals surface area contributed by atoms with E-state index in [0.717, 1.165) is 16.2 Å². The van der Waals surface area contributed by atoms with E-state index in [4.69, 9.17) is 5.73 Å². The lowest BCUT2D eigenvalue weighted by Crippen LogP contribution is -2.11. The lowest BCUT2D eigenvalue weighted by Gasteiger charge is -2.04. The van der Waals surface area contributed by atoms with Crippen molar-refractivity contribution in [1.29, 1.82) is 0 Å². The Kier molecular flexibility index (Phi) is 2.23. The van der Waals surface area contributed by atoms with Gasteiger partial charge in [-0.15, -0.1) is 11.3 Å². The molecule has 3 aromatic rings. The van der Waals surface area contributed by atoms with Gasteiger partial charge in [0.15, 0.2) is 0 Å². The Morgan fingerprint density at radius 1 is 1.31 bits per heavy atom. The second-order valence-electron chi connectivity index (χ2n) is 3.66. The van der Waals surface area contributed by atoms with Gasteiger partial charge in [0.1, 0.15) is 5.01 Å². The first-order valence-electron chi connectivity index (χ1n) is 5.07. The van der Waals surface area contributed by atoms with E-state index in [1.54, 1.807) is 17.5 Å². The molecule has 16 heavy (non-hydrogen) atoms. The molecule has 3 N–H and O–H groups in total. The van der Waals surface area contributed by atoms with Gasteiger partial charge in [0.2, 0.25) is 0 Å². The Bertz CT molecular complexity index is 565. The van der Waals surface area contributed by atoms with Crippen molar-refractivity contribution in [3.05, 3.63) is 52.6 Å². The minimum atomic E-state index is -0.160. The van der Waals surface area contributed by atoms with Crippen molar-refractivity contribution in [2.75, 3.05) is 0 Å². The lowest BCUT2D eigenvalue weighted by molar-refractivity contribution is 0.831. The van der Waals surface area contributed by atoms with Gasteiger partial charge in [-0.2, -0.15) is 0 Å². The molecule has 1 unspecified atom stereocenters. The van der Waals surface area contributed by atoms with Crippen LogP contribution in [0.1, 0.15) is 16.7 Å². The Labute approximate surface area is 96.9 Å². The number of rotatable bonds is 2. The summed E-state index contributed by atoms with van der Waals surface area (Å²) < 4.78 is 0. The molecule has 3 rings (SSSR count). The molecule has 0 radical (unpaired) electrons.